The Morgan fingerprint density at radius 2 is 2.03 bits per heavy atom. The molecule has 2 unspecified atom stereocenters. The number of urea groups is 1. The van der Waals surface area contributed by atoms with E-state index in [1.165, 1.54) is 28.8 Å². The maximum atomic E-state index is 13.3. The van der Waals surface area contributed by atoms with E-state index in [9.17, 15) is 18.8 Å². The third-order valence-electron chi connectivity index (χ3n) is 5.37. The zero-order valence-electron chi connectivity index (χ0n) is 16.1. The molecule has 2 aliphatic heterocycles. The molecule has 0 spiro atoms. The van der Waals surface area contributed by atoms with Gasteiger partial charge in [-0.3, -0.25) is 9.59 Å². The van der Waals surface area contributed by atoms with E-state index in [2.05, 4.69) is 5.32 Å². The minimum atomic E-state index is -0.619. The third-order valence-corrected chi connectivity index (χ3v) is 6.39. The summed E-state index contributed by atoms with van der Waals surface area (Å²) in [5.74, 6) is -1.28. The van der Waals surface area contributed by atoms with Crippen LogP contribution < -0.4 is 10.2 Å². The van der Waals surface area contributed by atoms with Gasteiger partial charge in [-0.15, -0.1) is 11.8 Å². The molecule has 9 heteroatoms. The molecule has 30 heavy (non-hydrogen) atoms. The summed E-state index contributed by atoms with van der Waals surface area (Å²) >= 11 is 7.29. The van der Waals surface area contributed by atoms with Gasteiger partial charge in [-0.1, -0.05) is 17.7 Å². The smallest absolute Gasteiger partial charge is 0.332 e. The molecule has 2 saturated heterocycles. The van der Waals surface area contributed by atoms with Gasteiger partial charge in [0, 0.05) is 23.0 Å². The van der Waals surface area contributed by atoms with E-state index in [0.717, 1.165) is 11.0 Å². The Hall–Kier alpha value is -2.58. The van der Waals surface area contributed by atoms with Crippen LogP contribution in [0.2, 0.25) is 5.02 Å². The monoisotopic (exact) mass is 447 g/mol. The van der Waals surface area contributed by atoms with Gasteiger partial charge in [0.1, 0.15) is 11.9 Å². The molecule has 2 aromatic carbocycles. The highest BCUT2D eigenvalue weighted by Gasteiger charge is 2.48. The van der Waals surface area contributed by atoms with Gasteiger partial charge in [0.15, 0.2) is 0 Å². The van der Waals surface area contributed by atoms with Crippen LogP contribution in [0.5, 0.6) is 0 Å². The Morgan fingerprint density at radius 1 is 1.23 bits per heavy atom. The molecule has 2 heterocycles. The molecule has 0 radical (unpaired) electrons. The number of amides is 4. The molecule has 2 aromatic rings. The average molecular weight is 448 g/mol. The van der Waals surface area contributed by atoms with Crippen LogP contribution in [-0.4, -0.2) is 47.6 Å². The van der Waals surface area contributed by atoms with Crippen molar-refractivity contribution >= 4 is 46.9 Å². The van der Waals surface area contributed by atoms with E-state index in [4.69, 9.17) is 11.6 Å². The molecular formula is C21H19ClFN3O3S. The molecule has 0 aliphatic carbocycles. The molecule has 2 fully saturated rings. The van der Waals surface area contributed by atoms with Crippen molar-refractivity contribution in [3.05, 3.63) is 58.9 Å². The number of thioether (sulfide) groups is 1. The Bertz CT molecular complexity index is 1030. The number of rotatable bonds is 4. The second-order valence-electron chi connectivity index (χ2n) is 7.19. The number of hydrogen-bond donors (Lipinski definition) is 1. The maximum absolute atomic E-state index is 13.3. The van der Waals surface area contributed by atoms with Gasteiger partial charge in [-0.05, 0) is 55.5 Å². The number of anilines is 1. The van der Waals surface area contributed by atoms with Crippen molar-refractivity contribution in [2.45, 2.75) is 29.8 Å². The van der Waals surface area contributed by atoms with Gasteiger partial charge in [0.25, 0.3) is 11.8 Å². The van der Waals surface area contributed by atoms with Crippen molar-refractivity contribution in [1.82, 2.24) is 10.2 Å². The third kappa shape index (κ3) is 3.77. The molecule has 2 atom stereocenters. The van der Waals surface area contributed by atoms with Crippen molar-refractivity contribution in [2.75, 3.05) is 17.7 Å². The second kappa shape index (κ2) is 8.28. The molecule has 0 bridgehead atoms. The van der Waals surface area contributed by atoms with E-state index in [0.29, 0.717) is 25.1 Å². The first-order chi connectivity index (χ1) is 14.4. The maximum Gasteiger partial charge on any atom is 0.332 e. The van der Waals surface area contributed by atoms with Crippen molar-refractivity contribution in [2.24, 2.45) is 0 Å². The Balaban J connectivity index is 1.48. The normalized spacial score (nSPS) is 21.0. The number of nitrogens with one attached hydrogen (secondary N) is 1. The van der Waals surface area contributed by atoms with Gasteiger partial charge in [0.2, 0.25) is 0 Å². The topological polar surface area (TPSA) is 69.7 Å². The van der Waals surface area contributed by atoms with Crippen molar-refractivity contribution < 1.29 is 18.8 Å². The molecular weight excluding hydrogens is 429 g/mol. The van der Waals surface area contributed by atoms with Crippen LogP contribution in [0.4, 0.5) is 14.9 Å². The van der Waals surface area contributed by atoms with Gasteiger partial charge in [0.05, 0.1) is 10.7 Å². The Morgan fingerprint density at radius 3 is 2.77 bits per heavy atom. The summed E-state index contributed by atoms with van der Waals surface area (Å²) in [5, 5.41) is 2.74. The van der Waals surface area contributed by atoms with Gasteiger partial charge >= 0.3 is 6.03 Å². The van der Waals surface area contributed by atoms with Gasteiger partial charge < -0.3 is 10.2 Å². The summed E-state index contributed by atoms with van der Waals surface area (Å²) in [6, 6.07) is 9.82. The molecule has 0 aromatic heterocycles. The summed E-state index contributed by atoms with van der Waals surface area (Å²) in [6.45, 7) is 0.364. The fraction of sp³-hybridized carbons (Fsp3) is 0.286. The van der Waals surface area contributed by atoms with E-state index in [-0.39, 0.29) is 28.6 Å². The summed E-state index contributed by atoms with van der Waals surface area (Å²) in [7, 11) is 0. The highest BCUT2D eigenvalue weighted by Crippen LogP contribution is 2.32. The number of carbonyl (C=O) groups is 3. The average Bonchev–Trinajstić information content (AvgIpc) is 2.99. The zero-order valence-corrected chi connectivity index (χ0v) is 17.7. The highest BCUT2D eigenvalue weighted by atomic mass is 35.5. The lowest BCUT2D eigenvalue weighted by Gasteiger charge is -2.32. The molecule has 4 rings (SSSR count). The van der Waals surface area contributed by atoms with Crippen molar-refractivity contribution in [3.63, 3.8) is 0 Å². The zero-order chi connectivity index (χ0) is 21.4. The van der Waals surface area contributed by atoms with Crippen LogP contribution >= 0.6 is 23.4 Å². The van der Waals surface area contributed by atoms with Gasteiger partial charge in [-0.2, -0.15) is 0 Å². The van der Waals surface area contributed by atoms with Crippen LogP contribution in [-0.2, 0) is 4.79 Å². The number of benzene rings is 2. The highest BCUT2D eigenvalue weighted by molar-refractivity contribution is 7.98. The molecule has 2 aliphatic rings. The van der Waals surface area contributed by atoms with Crippen LogP contribution in [0.15, 0.2) is 47.4 Å². The largest absolute Gasteiger partial charge is 0.349 e. The number of halogens is 2. The summed E-state index contributed by atoms with van der Waals surface area (Å²) in [4.78, 5) is 42.1. The Kier molecular flexibility index (Phi) is 5.71. The van der Waals surface area contributed by atoms with E-state index in [1.54, 1.807) is 11.0 Å². The minimum Gasteiger partial charge on any atom is -0.349 e. The lowest BCUT2D eigenvalue weighted by atomic mass is 9.97. The number of carbonyl (C=O) groups excluding carboxylic acids is 3. The molecule has 156 valence electrons. The van der Waals surface area contributed by atoms with Crippen LogP contribution in [0.3, 0.4) is 0 Å². The minimum absolute atomic E-state index is 0.128. The number of piperidine rings is 1. The number of imide groups is 1. The Labute approximate surface area is 182 Å². The number of fused-ring (bicyclic) bond motifs is 1. The first kappa shape index (κ1) is 20.7. The molecule has 6 nitrogen and oxygen atoms in total. The summed E-state index contributed by atoms with van der Waals surface area (Å²) in [6.07, 6.45) is 2.77. The van der Waals surface area contributed by atoms with Crippen LogP contribution in [0.25, 0.3) is 0 Å². The van der Waals surface area contributed by atoms with Crippen molar-refractivity contribution in [3.8, 4) is 0 Å². The molecule has 1 N–H and O–H groups in total. The lowest BCUT2D eigenvalue weighted by molar-refractivity contribution is -0.120. The molecule has 4 amide bonds. The SMILES string of the molecule is CSc1cccc(N2C(=O)C3CC(NC(=O)c4ccc(F)c(Cl)c4)CCN3C2=O)c1. The predicted octanol–water partition coefficient (Wildman–Crippen LogP) is 3.93. The first-order valence-electron chi connectivity index (χ1n) is 9.43. The summed E-state index contributed by atoms with van der Waals surface area (Å²) < 4.78 is 13.3. The van der Waals surface area contributed by atoms with Crippen LogP contribution in [0, 0.1) is 5.82 Å². The first-order valence-corrected chi connectivity index (χ1v) is 11.0. The van der Waals surface area contributed by atoms with E-state index in [1.807, 2.05) is 24.5 Å². The summed E-state index contributed by atoms with van der Waals surface area (Å²) in [5.41, 5.74) is 0.793. The fourth-order valence-corrected chi connectivity index (χ4v) is 4.46. The number of hydrogen-bond acceptors (Lipinski definition) is 4. The van der Waals surface area contributed by atoms with Crippen LogP contribution in [0.1, 0.15) is 23.2 Å². The predicted molar refractivity (Wildman–Crippen MR) is 113 cm³/mol. The second-order valence-corrected chi connectivity index (χ2v) is 8.48. The van der Waals surface area contributed by atoms with Gasteiger partial charge in [-0.25, -0.2) is 14.1 Å². The molecule has 0 saturated carbocycles. The lowest BCUT2D eigenvalue weighted by Crippen LogP contribution is -2.49. The van der Waals surface area contributed by atoms with E-state index >= 15 is 0 Å². The fourth-order valence-electron chi connectivity index (χ4n) is 3.82. The standard InChI is InChI=1S/C21H19ClFN3O3S/c1-30-15-4-2-3-14(11-15)26-20(28)18-10-13(7-8-25(18)21(26)29)24-19(27)12-5-6-17(23)16(22)9-12/h2-6,9,11,13,18H,7-8,10H2,1H3,(H,24,27). The van der Waals surface area contributed by atoms with E-state index < -0.39 is 17.8 Å². The number of nitrogens with zero attached hydrogens (tertiary/aromatic N) is 2. The quantitative estimate of drug-likeness (QED) is 0.569. The van der Waals surface area contributed by atoms with Crippen molar-refractivity contribution in [1.29, 1.82) is 0 Å².